The Bertz CT molecular complexity index is 607. The molecular formula is C19H27N3OS. The number of hydrogen-bond donors (Lipinski definition) is 2. The van der Waals surface area contributed by atoms with Crippen LogP contribution in [-0.4, -0.2) is 18.5 Å². The van der Waals surface area contributed by atoms with Crippen LogP contribution in [0.25, 0.3) is 0 Å². The Balaban J connectivity index is 1.55. The second-order valence-electron chi connectivity index (χ2n) is 6.61. The zero-order chi connectivity index (χ0) is 16.6. The topological polar surface area (TPSA) is 49.6 Å². The standard InChI is InChI=1S/C19H27N3OS/c1-15-5-2-6-16(13-15)22-19(21-14-18-8-4-12-24-18)20-10-9-17-7-3-11-23-17/h3-4,7-8,11-12,15-16H,2,5-6,9-10,13-14H2,1H3,(H2,20,21,22). The van der Waals surface area contributed by atoms with Crippen LogP contribution in [0, 0.1) is 5.92 Å². The predicted octanol–water partition coefficient (Wildman–Crippen LogP) is 4.20. The number of thiophene rings is 1. The van der Waals surface area contributed by atoms with E-state index in [1.807, 2.05) is 12.1 Å². The molecule has 0 aromatic carbocycles. The molecule has 1 saturated carbocycles. The predicted molar refractivity (Wildman–Crippen MR) is 100 cm³/mol. The molecule has 0 spiro atoms. The highest BCUT2D eigenvalue weighted by atomic mass is 32.1. The Morgan fingerprint density at radius 3 is 3.04 bits per heavy atom. The van der Waals surface area contributed by atoms with Gasteiger partial charge in [0.2, 0.25) is 0 Å². The summed E-state index contributed by atoms with van der Waals surface area (Å²) in [5, 5.41) is 9.21. The van der Waals surface area contributed by atoms with Crippen LogP contribution in [-0.2, 0) is 13.0 Å². The molecule has 0 aliphatic heterocycles. The molecule has 2 heterocycles. The van der Waals surface area contributed by atoms with Gasteiger partial charge in [-0.1, -0.05) is 25.8 Å². The zero-order valence-electron chi connectivity index (χ0n) is 14.3. The molecule has 2 aromatic rings. The van der Waals surface area contributed by atoms with Gasteiger partial charge < -0.3 is 15.1 Å². The van der Waals surface area contributed by atoms with E-state index in [1.54, 1.807) is 17.6 Å². The van der Waals surface area contributed by atoms with Crippen molar-refractivity contribution >= 4 is 17.3 Å². The Labute approximate surface area is 148 Å². The van der Waals surface area contributed by atoms with E-state index in [4.69, 9.17) is 9.41 Å². The van der Waals surface area contributed by atoms with Crippen molar-refractivity contribution in [1.82, 2.24) is 10.6 Å². The van der Waals surface area contributed by atoms with Gasteiger partial charge in [-0.2, -0.15) is 0 Å². The molecule has 3 rings (SSSR count). The first-order chi connectivity index (χ1) is 11.8. The lowest BCUT2D eigenvalue weighted by atomic mass is 9.87. The molecule has 1 aliphatic rings. The number of guanidine groups is 1. The van der Waals surface area contributed by atoms with Gasteiger partial charge in [0.15, 0.2) is 5.96 Å². The van der Waals surface area contributed by atoms with E-state index in [0.29, 0.717) is 6.04 Å². The fraction of sp³-hybridized carbons (Fsp3) is 0.526. The Morgan fingerprint density at radius 2 is 2.29 bits per heavy atom. The highest BCUT2D eigenvalue weighted by Crippen LogP contribution is 2.23. The first-order valence-corrected chi connectivity index (χ1v) is 9.77. The summed E-state index contributed by atoms with van der Waals surface area (Å²) in [5.41, 5.74) is 0. The average molecular weight is 346 g/mol. The second kappa shape index (κ2) is 8.92. The summed E-state index contributed by atoms with van der Waals surface area (Å²) in [4.78, 5) is 6.07. The van der Waals surface area contributed by atoms with Crippen molar-refractivity contribution in [3.63, 3.8) is 0 Å². The fourth-order valence-corrected chi connectivity index (χ4v) is 3.86. The number of nitrogens with one attached hydrogen (secondary N) is 2. The molecule has 2 N–H and O–H groups in total. The molecule has 4 nitrogen and oxygen atoms in total. The fourth-order valence-electron chi connectivity index (χ4n) is 3.23. The van der Waals surface area contributed by atoms with Crippen molar-refractivity contribution in [2.45, 2.75) is 51.6 Å². The van der Waals surface area contributed by atoms with E-state index in [2.05, 4.69) is 35.1 Å². The quantitative estimate of drug-likeness (QED) is 0.609. The lowest BCUT2D eigenvalue weighted by Gasteiger charge is -2.29. The van der Waals surface area contributed by atoms with Crippen LogP contribution in [0.4, 0.5) is 0 Å². The molecule has 1 fully saturated rings. The van der Waals surface area contributed by atoms with Gasteiger partial charge in [-0.05, 0) is 42.3 Å². The normalized spacial score (nSPS) is 21.6. The molecule has 0 amide bonds. The minimum Gasteiger partial charge on any atom is -0.469 e. The van der Waals surface area contributed by atoms with Gasteiger partial charge in [0.1, 0.15) is 5.76 Å². The minimum atomic E-state index is 0.534. The number of nitrogens with zero attached hydrogens (tertiary/aromatic N) is 1. The van der Waals surface area contributed by atoms with Crippen molar-refractivity contribution in [2.75, 3.05) is 6.54 Å². The van der Waals surface area contributed by atoms with Crippen LogP contribution in [0.1, 0.15) is 43.2 Å². The zero-order valence-corrected chi connectivity index (χ0v) is 15.1. The molecule has 2 atom stereocenters. The SMILES string of the molecule is CC1CCCC(NC(=NCc2cccs2)NCCc2ccco2)C1. The maximum atomic E-state index is 5.40. The Hall–Kier alpha value is -1.75. The van der Waals surface area contributed by atoms with E-state index >= 15 is 0 Å². The average Bonchev–Trinajstić information content (AvgIpc) is 3.26. The summed E-state index contributed by atoms with van der Waals surface area (Å²) in [6.45, 7) is 3.91. The number of furan rings is 1. The highest BCUT2D eigenvalue weighted by molar-refractivity contribution is 7.09. The summed E-state index contributed by atoms with van der Waals surface area (Å²) in [7, 11) is 0. The molecule has 2 aromatic heterocycles. The first-order valence-electron chi connectivity index (χ1n) is 8.89. The molecule has 5 heteroatoms. The summed E-state index contributed by atoms with van der Waals surface area (Å²) in [6, 6.07) is 8.70. The van der Waals surface area contributed by atoms with Gasteiger partial charge in [-0.25, -0.2) is 4.99 Å². The molecule has 1 aliphatic carbocycles. The van der Waals surface area contributed by atoms with Crippen molar-refractivity contribution < 1.29 is 4.42 Å². The van der Waals surface area contributed by atoms with E-state index in [1.165, 1.54) is 30.6 Å². The third-order valence-corrected chi connectivity index (χ3v) is 5.36. The maximum Gasteiger partial charge on any atom is 0.191 e. The molecule has 0 saturated heterocycles. The Kier molecular flexibility index (Phi) is 6.35. The van der Waals surface area contributed by atoms with Gasteiger partial charge >= 0.3 is 0 Å². The van der Waals surface area contributed by atoms with Crippen LogP contribution in [0.5, 0.6) is 0 Å². The minimum absolute atomic E-state index is 0.534. The van der Waals surface area contributed by atoms with E-state index in [-0.39, 0.29) is 0 Å². The first kappa shape index (κ1) is 17.1. The molecular weight excluding hydrogens is 318 g/mol. The van der Waals surface area contributed by atoms with E-state index in [9.17, 15) is 0 Å². The van der Waals surface area contributed by atoms with Gasteiger partial charge in [0, 0.05) is 23.9 Å². The maximum absolute atomic E-state index is 5.40. The van der Waals surface area contributed by atoms with Crippen LogP contribution < -0.4 is 10.6 Å². The van der Waals surface area contributed by atoms with Crippen molar-refractivity contribution in [2.24, 2.45) is 10.9 Å². The molecule has 24 heavy (non-hydrogen) atoms. The monoisotopic (exact) mass is 345 g/mol. The third-order valence-electron chi connectivity index (χ3n) is 4.49. The summed E-state index contributed by atoms with van der Waals surface area (Å²) in [6.07, 6.45) is 7.73. The molecule has 130 valence electrons. The summed E-state index contributed by atoms with van der Waals surface area (Å²) >= 11 is 1.76. The van der Waals surface area contributed by atoms with Crippen molar-refractivity contribution in [1.29, 1.82) is 0 Å². The smallest absolute Gasteiger partial charge is 0.191 e. The van der Waals surface area contributed by atoms with Gasteiger partial charge in [-0.15, -0.1) is 11.3 Å². The molecule has 0 radical (unpaired) electrons. The molecule has 0 bridgehead atoms. The number of hydrogen-bond acceptors (Lipinski definition) is 3. The number of rotatable bonds is 6. The summed E-state index contributed by atoms with van der Waals surface area (Å²) < 4.78 is 5.40. The van der Waals surface area contributed by atoms with Crippen LogP contribution in [0.15, 0.2) is 45.3 Å². The van der Waals surface area contributed by atoms with Gasteiger partial charge in [0.25, 0.3) is 0 Å². The lowest BCUT2D eigenvalue weighted by Crippen LogP contribution is -2.45. The summed E-state index contributed by atoms with van der Waals surface area (Å²) in [5.74, 6) is 2.73. The van der Waals surface area contributed by atoms with Gasteiger partial charge in [0.05, 0.1) is 12.8 Å². The number of aliphatic imine (C=N–C) groups is 1. The molecule has 2 unspecified atom stereocenters. The highest BCUT2D eigenvalue weighted by Gasteiger charge is 2.19. The van der Waals surface area contributed by atoms with E-state index < -0.39 is 0 Å². The largest absolute Gasteiger partial charge is 0.469 e. The van der Waals surface area contributed by atoms with Crippen molar-refractivity contribution in [3.8, 4) is 0 Å². The Morgan fingerprint density at radius 1 is 1.33 bits per heavy atom. The van der Waals surface area contributed by atoms with Crippen LogP contribution >= 0.6 is 11.3 Å². The van der Waals surface area contributed by atoms with Gasteiger partial charge in [-0.3, -0.25) is 0 Å². The van der Waals surface area contributed by atoms with Crippen LogP contribution in [0.2, 0.25) is 0 Å². The lowest BCUT2D eigenvalue weighted by molar-refractivity contribution is 0.324. The second-order valence-corrected chi connectivity index (χ2v) is 7.65. The van der Waals surface area contributed by atoms with E-state index in [0.717, 1.165) is 37.1 Å². The van der Waals surface area contributed by atoms with Crippen LogP contribution in [0.3, 0.4) is 0 Å². The van der Waals surface area contributed by atoms with Crippen molar-refractivity contribution in [3.05, 3.63) is 46.5 Å². The third kappa shape index (κ3) is 5.41.